The molecule has 2 aromatic rings. The molecule has 6 heteroatoms. The molecule has 0 aliphatic rings. The van der Waals surface area contributed by atoms with Crippen LogP contribution in [-0.2, 0) is 4.74 Å². The maximum Gasteiger partial charge on any atom is 0.198 e. The number of halogens is 1. The maximum absolute atomic E-state index is 5.82. The molecule has 0 atom stereocenters. The minimum absolute atomic E-state index is 0.524. The molecule has 2 rings (SSSR count). The molecule has 0 radical (unpaired) electrons. The largest absolute Gasteiger partial charge is 0.501 e. The lowest BCUT2D eigenvalue weighted by molar-refractivity contribution is 0.269. The van der Waals surface area contributed by atoms with Crippen molar-refractivity contribution in [2.45, 2.75) is 6.92 Å². The summed E-state index contributed by atoms with van der Waals surface area (Å²) in [7, 11) is 0. The summed E-state index contributed by atoms with van der Waals surface area (Å²) in [4.78, 5) is 1.45. The Morgan fingerprint density at radius 2 is 2.05 bits per heavy atom. The van der Waals surface area contributed by atoms with Crippen molar-refractivity contribution in [2.75, 3.05) is 6.61 Å². The molecule has 0 saturated carbocycles. The first-order chi connectivity index (χ1) is 9.29. The highest BCUT2D eigenvalue weighted by Gasteiger charge is 2.01. The molecular formula is C13H13ClN4O. The number of rotatable bonds is 5. The van der Waals surface area contributed by atoms with Gasteiger partial charge in [0.05, 0.1) is 18.6 Å². The van der Waals surface area contributed by atoms with Gasteiger partial charge in [0.25, 0.3) is 0 Å². The van der Waals surface area contributed by atoms with Crippen LogP contribution in [0, 0.1) is 0 Å². The first-order valence-corrected chi connectivity index (χ1v) is 6.18. The lowest BCUT2D eigenvalue weighted by Gasteiger charge is -1.96. The second-order valence-electron chi connectivity index (χ2n) is 3.56. The molecule has 0 fully saturated rings. The van der Waals surface area contributed by atoms with Crippen LogP contribution in [-0.4, -0.2) is 26.8 Å². The molecule has 0 aliphatic carbocycles. The van der Waals surface area contributed by atoms with E-state index in [-0.39, 0.29) is 0 Å². The molecule has 1 aromatic heterocycles. The molecule has 1 aromatic carbocycles. The molecule has 98 valence electrons. The van der Waals surface area contributed by atoms with E-state index in [1.807, 2.05) is 19.1 Å². The summed E-state index contributed by atoms with van der Waals surface area (Å²) >= 11 is 5.82. The molecule has 5 nitrogen and oxygen atoms in total. The minimum Gasteiger partial charge on any atom is -0.501 e. The monoisotopic (exact) mass is 276 g/mol. The van der Waals surface area contributed by atoms with E-state index in [9.17, 15) is 0 Å². The van der Waals surface area contributed by atoms with Crippen molar-refractivity contribution in [3.05, 3.63) is 53.5 Å². The van der Waals surface area contributed by atoms with Crippen LogP contribution in [0.15, 0.2) is 42.7 Å². The second-order valence-corrected chi connectivity index (χ2v) is 3.99. The molecular weight excluding hydrogens is 264 g/mol. The van der Waals surface area contributed by atoms with Crippen molar-refractivity contribution in [2.24, 2.45) is 0 Å². The van der Waals surface area contributed by atoms with Crippen LogP contribution in [0.25, 0.3) is 11.8 Å². The van der Waals surface area contributed by atoms with Gasteiger partial charge in [0, 0.05) is 5.02 Å². The standard InChI is InChI=1S/C13H13ClN4O/c1-2-19-10-4-3-5-13-15-17-18(16-13)12-8-6-11(14)7-9-12/h3-10H,2H2,1H3. The van der Waals surface area contributed by atoms with E-state index in [1.165, 1.54) is 4.80 Å². The smallest absolute Gasteiger partial charge is 0.198 e. The number of benzene rings is 1. The van der Waals surface area contributed by atoms with Gasteiger partial charge in [-0.1, -0.05) is 17.7 Å². The molecule has 0 spiro atoms. The van der Waals surface area contributed by atoms with Crippen molar-refractivity contribution in [3.8, 4) is 5.69 Å². The Hall–Kier alpha value is -2.14. The zero-order valence-electron chi connectivity index (χ0n) is 10.4. The quantitative estimate of drug-likeness (QED) is 0.622. The lowest BCUT2D eigenvalue weighted by Crippen LogP contribution is -1.98. The topological polar surface area (TPSA) is 52.8 Å². The van der Waals surface area contributed by atoms with Gasteiger partial charge in [0.15, 0.2) is 5.82 Å². The van der Waals surface area contributed by atoms with Crippen LogP contribution < -0.4 is 0 Å². The van der Waals surface area contributed by atoms with Crippen molar-refractivity contribution >= 4 is 17.7 Å². The van der Waals surface area contributed by atoms with Gasteiger partial charge in [0.1, 0.15) is 0 Å². The zero-order valence-corrected chi connectivity index (χ0v) is 11.2. The number of ether oxygens (including phenoxy) is 1. The Kier molecular flexibility index (Phi) is 4.69. The molecule has 1 heterocycles. The minimum atomic E-state index is 0.524. The third-order valence-corrected chi connectivity index (χ3v) is 2.44. The van der Waals surface area contributed by atoms with Gasteiger partial charge in [-0.3, -0.25) is 0 Å². The summed E-state index contributed by atoms with van der Waals surface area (Å²) in [5.74, 6) is 0.524. The average Bonchev–Trinajstić information content (AvgIpc) is 2.88. The van der Waals surface area contributed by atoms with E-state index in [1.54, 1.807) is 36.6 Å². The fraction of sp³-hybridized carbons (Fsp3) is 0.154. The van der Waals surface area contributed by atoms with Crippen LogP contribution >= 0.6 is 11.6 Å². The molecule has 0 N–H and O–H groups in total. The van der Waals surface area contributed by atoms with E-state index in [2.05, 4.69) is 15.4 Å². The summed E-state index contributed by atoms with van der Waals surface area (Å²) in [6, 6.07) is 7.21. The van der Waals surface area contributed by atoms with E-state index >= 15 is 0 Å². The van der Waals surface area contributed by atoms with Crippen LogP contribution in [0.5, 0.6) is 0 Å². The highest BCUT2D eigenvalue weighted by molar-refractivity contribution is 6.30. The van der Waals surface area contributed by atoms with Gasteiger partial charge in [-0.25, -0.2) is 0 Å². The Labute approximate surface area is 116 Å². The highest BCUT2D eigenvalue weighted by atomic mass is 35.5. The van der Waals surface area contributed by atoms with E-state index < -0.39 is 0 Å². The summed E-state index contributed by atoms with van der Waals surface area (Å²) < 4.78 is 5.05. The predicted molar refractivity (Wildman–Crippen MR) is 74.0 cm³/mol. The van der Waals surface area contributed by atoms with Crippen molar-refractivity contribution in [3.63, 3.8) is 0 Å². The van der Waals surface area contributed by atoms with Crippen molar-refractivity contribution < 1.29 is 4.74 Å². The van der Waals surface area contributed by atoms with Gasteiger partial charge in [-0.2, -0.15) is 0 Å². The van der Waals surface area contributed by atoms with Crippen molar-refractivity contribution in [1.82, 2.24) is 20.2 Å². The second kappa shape index (κ2) is 6.70. The summed E-state index contributed by atoms with van der Waals surface area (Å²) in [5, 5.41) is 12.8. The fourth-order valence-electron chi connectivity index (χ4n) is 1.31. The van der Waals surface area contributed by atoms with Crippen LogP contribution in [0.2, 0.25) is 5.02 Å². The molecule has 0 saturated heterocycles. The number of hydrogen-bond acceptors (Lipinski definition) is 4. The van der Waals surface area contributed by atoms with Gasteiger partial charge in [-0.05, 0) is 48.6 Å². The number of allylic oxidation sites excluding steroid dienone is 2. The normalized spacial score (nSPS) is 11.5. The van der Waals surface area contributed by atoms with Crippen LogP contribution in [0.3, 0.4) is 0 Å². The van der Waals surface area contributed by atoms with E-state index in [4.69, 9.17) is 16.3 Å². The van der Waals surface area contributed by atoms with Crippen LogP contribution in [0.4, 0.5) is 0 Å². The highest BCUT2D eigenvalue weighted by Crippen LogP contribution is 2.11. The van der Waals surface area contributed by atoms with Gasteiger partial charge in [0.2, 0.25) is 0 Å². The molecule has 0 bridgehead atoms. The molecule has 0 amide bonds. The van der Waals surface area contributed by atoms with Gasteiger partial charge >= 0.3 is 0 Å². The van der Waals surface area contributed by atoms with E-state index in [0.717, 1.165) is 5.69 Å². The van der Waals surface area contributed by atoms with E-state index in [0.29, 0.717) is 17.5 Å². The summed E-state index contributed by atoms with van der Waals surface area (Å²) in [6.07, 6.45) is 6.92. The average molecular weight is 277 g/mol. The Balaban J connectivity index is 2.04. The number of hydrogen-bond donors (Lipinski definition) is 0. The zero-order chi connectivity index (χ0) is 13.5. The Morgan fingerprint density at radius 1 is 1.26 bits per heavy atom. The Morgan fingerprint density at radius 3 is 2.79 bits per heavy atom. The molecule has 19 heavy (non-hydrogen) atoms. The summed E-state index contributed by atoms with van der Waals surface area (Å²) in [6.45, 7) is 2.57. The van der Waals surface area contributed by atoms with Crippen molar-refractivity contribution in [1.29, 1.82) is 0 Å². The predicted octanol–water partition coefficient (Wildman–Crippen LogP) is 2.88. The summed E-state index contributed by atoms with van der Waals surface area (Å²) in [5.41, 5.74) is 0.807. The lowest BCUT2D eigenvalue weighted by atomic mass is 10.3. The number of tetrazole rings is 1. The Bertz CT molecular complexity index is 575. The first kappa shape index (κ1) is 13.3. The molecule has 0 unspecified atom stereocenters. The molecule has 0 aliphatic heterocycles. The fourth-order valence-corrected chi connectivity index (χ4v) is 1.44. The van der Waals surface area contributed by atoms with Gasteiger partial charge < -0.3 is 4.74 Å². The first-order valence-electron chi connectivity index (χ1n) is 5.80. The maximum atomic E-state index is 5.82. The third kappa shape index (κ3) is 3.93. The van der Waals surface area contributed by atoms with Crippen LogP contribution in [0.1, 0.15) is 12.7 Å². The van der Waals surface area contributed by atoms with Gasteiger partial charge in [-0.15, -0.1) is 15.0 Å². The SMILES string of the molecule is CCOC=CC=Cc1nnn(-c2ccc(Cl)cc2)n1. The third-order valence-electron chi connectivity index (χ3n) is 2.18. The number of aromatic nitrogens is 4. The number of nitrogens with zero attached hydrogens (tertiary/aromatic N) is 4.